The maximum absolute atomic E-state index is 13.7. The molecule has 0 fully saturated rings. The molecule has 168 valence electrons. The van der Waals surface area contributed by atoms with E-state index in [4.69, 9.17) is 4.74 Å². The average molecular weight is 434 g/mol. The van der Waals surface area contributed by atoms with Gasteiger partial charge in [0.05, 0.1) is 17.6 Å². The van der Waals surface area contributed by atoms with Gasteiger partial charge in [0, 0.05) is 24.1 Å². The van der Waals surface area contributed by atoms with Crippen molar-refractivity contribution in [2.75, 3.05) is 0 Å². The zero-order valence-corrected chi connectivity index (χ0v) is 19.9. The Labute approximate surface area is 188 Å². The van der Waals surface area contributed by atoms with Crippen molar-refractivity contribution in [3.8, 4) is 0 Å². The van der Waals surface area contributed by atoms with Crippen LogP contribution in [0.25, 0.3) is 21.9 Å². The van der Waals surface area contributed by atoms with E-state index < -0.39 is 17.1 Å². The summed E-state index contributed by atoms with van der Waals surface area (Å²) in [5.74, 6) is -0.434. The quantitative estimate of drug-likeness (QED) is 0.437. The molecule has 0 radical (unpaired) electrons. The molecule has 0 aliphatic rings. The first-order chi connectivity index (χ1) is 14.9. The smallest absolute Gasteiger partial charge is 0.332 e. The number of para-hydroxylation sites is 2. The number of hydrogen-bond acceptors (Lipinski definition) is 3. The summed E-state index contributed by atoms with van der Waals surface area (Å²) in [6.45, 7) is 11.5. The number of aryl methyl sites for hydroxylation is 2. The van der Waals surface area contributed by atoms with Crippen molar-refractivity contribution in [1.29, 1.82) is 0 Å². The van der Waals surface area contributed by atoms with Gasteiger partial charge in [-0.1, -0.05) is 24.3 Å². The Bertz CT molecular complexity index is 1390. The van der Waals surface area contributed by atoms with E-state index in [1.165, 1.54) is 5.56 Å². The molecule has 0 aliphatic heterocycles. The molecule has 0 saturated carbocycles. The highest BCUT2D eigenvalue weighted by Gasteiger charge is 2.37. The fourth-order valence-electron chi connectivity index (χ4n) is 4.42. The maximum atomic E-state index is 13.7. The molecule has 2 heterocycles. The lowest BCUT2D eigenvalue weighted by Crippen LogP contribution is -2.46. The van der Waals surface area contributed by atoms with Crippen molar-refractivity contribution < 1.29 is 9.53 Å². The fraction of sp³-hybridized carbons (Fsp3) is 0.385. The molecule has 6 nitrogen and oxygen atoms in total. The standard InChI is InChI=1S/C26H31N3O3/c1-17-11-10-14-21-22(17)18(15-27(21)7)16-28-19-12-8-9-13-20(19)29(24(28)31)26(5,6)23(30)32-25(2,3)4/h8-15H,16H2,1-7H3. The van der Waals surface area contributed by atoms with Crippen LogP contribution in [0.1, 0.15) is 45.7 Å². The van der Waals surface area contributed by atoms with Crippen molar-refractivity contribution in [2.45, 2.75) is 59.2 Å². The molecule has 6 heteroatoms. The third-order valence-corrected chi connectivity index (χ3v) is 5.92. The van der Waals surface area contributed by atoms with Crippen LogP contribution >= 0.6 is 0 Å². The summed E-state index contributed by atoms with van der Waals surface area (Å²) >= 11 is 0. The number of benzene rings is 2. The zero-order chi connectivity index (χ0) is 23.4. The van der Waals surface area contributed by atoms with Crippen molar-refractivity contribution in [1.82, 2.24) is 13.7 Å². The van der Waals surface area contributed by atoms with Crippen LogP contribution in [0.5, 0.6) is 0 Å². The minimum atomic E-state index is -1.16. The van der Waals surface area contributed by atoms with Crippen molar-refractivity contribution in [2.24, 2.45) is 7.05 Å². The molecular weight excluding hydrogens is 402 g/mol. The van der Waals surface area contributed by atoms with E-state index >= 15 is 0 Å². The number of ether oxygens (including phenoxy) is 1. The molecule has 0 spiro atoms. The summed E-state index contributed by atoms with van der Waals surface area (Å²) in [6, 6.07) is 13.8. The molecule has 4 rings (SSSR count). The minimum Gasteiger partial charge on any atom is -0.458 e. The lowest BCUT2D eigenvalue weighted by molar-refractivity contribution is -0.164. The van der Waals surface area contributed by atoms with Gasteiger partial charge in [0.25, 0.3) is 0 Å². The van der Waals surface area contributed by atoms with Gasteiger partial charge in [-0.3, -0.25) is 9.13 Å². The SMILES string of the molecule is Cc1cccc2c1c(Cn1c(=O)n(C(C)(C)C(=O)OC(C)(C)C)c3ccccc31)cn2C. The lowest BCUT2D eigenvalue weighted by atomic mass is 10.0. The van der Waals surface area contributed by atoms with E-state index in [1.807, 2.05) is 58.2 Å². The van der Waals surface area contributed by atoms with E-state index in [1.54, 1.807) is 23.0 Å². The average Bonchev–Trinajstić information content (AvgIpc) is 3.16. The molecule has 32 heavy (non-hydrogen) atoms. The molecule has 0 bridgehead atoms. The monoisotopic (exact) mass is 433 g/mol. The number of imidazole rings is 1. The molecule has 0 atom stereocenters. The Hall–Kier alpha value is -3.28. The van der Waals surface area contributed by atoms with Crippen LogP contribution in [0.2, 0.25) is 0 Å². The highest BCUT2D eigenvalue weighted by Crippen LogP contribution is 2.28. The van der Waals surface area contributed by atoms with E-state index in [9.17, 15) is 9.59 Å². The van der Waals surface area contributed by atoms with Gasteiger partial charge in [0.2, 0.25) is 0 Å². The zero-order valence-electron chi connectivity index (χ0n) is 19.9. The molecule has 0 N–H and O–H groups in total. The highest BCUT2D eigenvalue weighted by atomic mass is 16.6. The number of hydrogen-bond donors (Lipinski definition) is 0. The van der Waals surface area contributed by atoms with Crippen LogP contribution in [0.3, 0.4) is 0 Å². The normalized spacial score (nSPS) is 12.6. The number of rotatable bonds is 4. The van der Waals surface area contributed by atoms with Crippen molar-refractivity contribution in [3.05, 3.63) is 70.3 Å². The largest absolute Gasteiger partial charge is 0.458 e. The lowest BCUT2D eigenvalue weighted by Gasteiger charge is -2.29. The van der Waals surface area contributed by atoms with Gasteiger partial charge in [-0.25, -0.2) is 9.59 Å². The first-order valence-electron chi connectivity index (χ1n) is 10.9. The molecule has 0 unspecified atom stereocenters. The maximum Gasteiger partial charge on any atom is 0.332 e. The Morgan fingerprint density at radius 3 is 2.22 bits per heavy atom. The van der Waals surface area contributed by atoms with Crippen LogP contribution < -0.4 is 5.69 Å². The molecule has 4 aromatic rings. The Balaban J connectivity index is 1.90. The second kappa shape index (κ2) is 7.40. The summed E-state index contributed by atoms with van der Waals surface area (Å²) in [5, 5.41) is 1.16. The second-order valence-corrected chi connectivity index (χ2v) is 9.99. The van der Waals surface area contributed by atoms with Gasteiger partial charge in [-0.2, -0.15) is 0 Å². The summed E-state index contributed by atoms with van der Waals surface area (Å²) in [5.41, 5.74) is 2.84. The molecule has 2 aromatic carbocycles. The topological polar surface area (TPSA) is 58.2 Å². The Morgan fingerprint density at radius 1 is 0.938 bits per heavy atom. The first-order valence-corrected chi connectivity index (χ1v) is 10.9. The molecule has 0 aliphatic carbocycles. The van der Waals surface area contributed by atoms with Gasteiger partial charge in [0.1, 0.15) is 11.1 Å². The molecule has 0 saturated heterocycles. The van der Waals surface area contributed by atoms with Gasteiger partial charge in [0.15, 0.2) is 0 Å². The van der Waals surface area contributed by atoms with Crippen molar-refractivity contribution >= 4 is 27.9 Å². The fourth-order valence-corrected chi connectivity index (χ4v) is 4.42. The van der Waals surface area contributed by atoms with Crippen LogP contribution in [0.15, 0.2) is 53.5 Å². The van der Waals surface area contributed by atoms with Crippen molar-refractivity contribution in [3.63, 3.8) is 0 Å². The van der Waals surface area contributed by atoms with E-state index in [0.717, 1.165) is 22.0 Å². The van der Waals surface area contributed by atoms with Crippen LogP contribution in [-0.4, -0.2) is 25.3 Å². The Kier molecular flexibility index (Phi) is 5.07. The summed E-state index contributed by atoms with van der Waals surface area (Å²) in [7, 11) is 2.02. The van der Waals surface area contributed by atoms with E-state index in [-0.39, 0.29) is 5.69 Å². The molecule has 2 aromatic heterocycles. The second-order valence-electron chi connectivity index (χ2n) is 9.99. The number of carbonyl (C=O) groups is 1. The summed E-state index contributed by atoms with van der Waals surface area (Å²) < 4.78 is 11.1. The van der Waals surface area contributed by atoms with Gasteiger partial charge >= 0.3 is 11.7 Å². The van der Waals surface area contributed by atoms with Crippen LogP contribution in [0, 0.1) is 6.92 Å². The number of aromatic nitrogens is 3. The molecular formula is C26H31N3O3. The van der Waals surface area contributed by atoms with Gasteiger partial charge in [-0.15, -0.1) is 0 Å². The summed E-state index contributed by atoms with van der Waals surface area (Å²) in [6.07, 6.45) is 2.08. The number of esters is 1. The Morgan fingerprint density at radius 2 is 1.56 bits per heavy atom. The van der Waals surface area contributed by atoms with Crippen LogP contribution in [0.4, 0.5) is 0 Å². The number of carbonyl (C=O) groups excluding carboxylic acids is 1. The third kappa shape index (κ3) is 3.53. The minimum absolute atomic E-state index is 0.229. The highest BCUT2D eigenvalue weighted by molar-refractivity contribution is 5.88. The first kappa shape index (κ1) is 21.9. The predicted octanol–water partition coefficient (Wildman–Crippen LogP) is 4.73. The molecule has 0 amide bonds. The number of fused-ring (bicyclic) bond motifs is 2. The summed E-state index contributed by atoms with van der Waals surface area (Å²) in [4.78, 5) is 26.8. The van der Waals surface area contributed by atoms with E-state index in [2.05, 4.69) is 29.8 Å². The van der Waals surface area contributed by atoms with E-state index in [0.29, 0.717) is 12.1 Å². The van der Waals surface area contributed by atoms with Crippen LogP contribution in [-0.2, 0) is 28.7 Å². The van der Waals surface area contributed by atoms with Gasteiger partial charge in [-0.05, 0) is 70.9 Å². The third-order valence-electron chi connectivity index (χ3n) is 5.92. The number of nitrogens with zero attached hydrogens (tertiary/aromatic N) is 3. The predicted molar refractivity (Wildman–Crippen MR) is 128 cm³/mol. The van der Waals surface area contributed by atoms with Gasteiger partial charge < -0.3 is 9.30 Å².